The normalized spacial score (nSPS) is 12.8. The van der Waals surface area contributed by atoms with Crippen LogP contribution >= 0.6 is 0 Å². The summed E-state index contributed by atoms with van der Waals surface area (Å²) >= 11 is 0. The fourth-order valence-electron chi connectivity index (χ4n) is 3.95. The lowest BCUT2D eigenvalue weighted by Crippen LogP contribution is -2.33. The summed E-state index contributed by atoms with van der Waals surface area (Å²) in [6, 6.07) is 6.73. The summed E-state index contributed by atoms with van der Waals surface area (Å²) in [6.07, 6.45) is 8.19. The number of unbranched alkanes of at least 4 members (excludes halogenated alkanes) is 1. The van der Waals surface area contributed by atoms with Gasteiger partial charge >= 0.3 is 0 Å². The van der Waals surface area contributed by atoms with Crippen molar-refractivity contribution in [3.63, 3.8) is 0 Å². The van der Waals surface area contributed by atoms with Crippen LogP contribution < -0.4 is 10.1 Å². The van der Waals surface area contributed by atoms with Gasteiger partial charge in [-0.2, -0.15) is 5.10 Å². The molecule has 0 radical (unpaired) electrons. The molecule has 0 saturated heterocycles. The molecule has 0 aliphatic heterocycles. The predicted octanol–water partition coefficient (Wildman–Crippen LogP) is 4.41. The van der Waals surface area contributed by atoms with Crippen LogP contribution in [0.5, 0.6) is 5.75 Å². The molecule has 2 amide bonds. The van der Waals surface area contributed by atoms with Gasteiger partial charge in [-0.25, -0.2) is 13.9 Å². The SMILES string of the molecule is CCC/C=C(/C(=C\N(C)CC(=O)N(C)C)NC(=O)c1cnn2cccnc12)c1cc(CCF)ccc1OC(C)F. The first-order valence-corrected chi connectivity index (χ1v) is 13.1. The van der Waals surface area contributed by atoms with E-state index in [4.69, 9.17) is 4.74 Å². The molecule has 2 heterocycles. The molecule has 0 spiro atoms. The van der Waals surface area contributed by atoms with Crippen molar-refractivity contribution in [3.05, 3.63) is 77.5 Å². The standard InChI is InChI=1S/C29H36F2N6O3/c1-6-7-9-22(23-16-21(12-13-30)10-11-26(23)40-20(2)31)25(18-36(5)19-27(38)35(3)4)34-29(39)24-17-33-37-15-8-14-32-28(24)37/h8-11,14-18,20H,6-7,12-13,19H2,1-5H3,(H,34,39)/b22-9+,25-18+. The van der Waals surface area contributed by atoms with Crippen LogP contribution in [0.25, 0.3) is 11.2 Å². The summed E-state index contributed by atoms with van der Waals surface area (Å²) < 4.78 is 34.3. The zero-order valence-electron chi connectivity index (χ0n) is 23.5. The Morgan fingerprint density at radius 2 is 2.00 bits per heavy atom. The molecular weight excluding hydrogens is 518 g/mol. The number of aromatic nitrogens is 3. The number of rotatable bonds is 13. The highest BCUT2D eigenvalue weighted by molar-refractivity contribution is 6.02. The van der Waals surface area contributed by atoms with Gasteiger partial charge in [0.25, 0.3) is 5.91 Å². The third-order valence-corrected chi connectivity index (χ3v) is 5.94. The first-order chi connectivity index (χ1) is 19.1. The zero-order valence-corrected chi connectivity index (χ0v) is 23.5. The number of halogens is 2. The van der Waals surface area contributed by atoms with Crippen LogP contribution in [0.4, 0.5) is 8.78 Å². The largest absolute Gasteiger partial charge is 0.460 e. The average Bonchev–Trinajstić information content (AvgIpc) is 3.34. The van der Waals surface area contributed by atoms with Gasteiger partial charge in [0.05, 0.1) is 25.1 Å². The second kappa shape index (κ2) is 14.2. The van der Waals surface area contributed by atoms with Crippen LogP contribution in [0, 0.1) is 0 Å². The van der Waals surface area contributed by atoms with Gasteiger partial charge in [0.1, 0.15) is 11.3 Å². The van der Waals surface area contributed by atoms with E-state index in [0.29, 0.717) is 34.5 Å². The number of fused-ring (bicyclic) bond motifs is 1. The van der Waals surface area contributed by atoms with Crippen LogP contribution in [-0.4, -0.2) is 76.9 Å². The number of benzene rings is 1. The van der Waals surface area contributed by atoms with Gasteiger partial charge in [0, 0.05) is 64.2 Å². The first kappa shape index (κ1) is 30.3. The second-order valence-electron chi connectivity index (χ2n) is 9.48. The minimum atomic E-state index is -1.61. The summed E-state index contributed by atoms with van der Waals surface area (Å²) in [5, 5.41) is 7.15. The lowest BCUT2D eigenvalue weighted by molar-refractivity contribution is -0.129. The predicted molar refractivity (Wildman–Crippen MR) is 150 cm³/mol. The smallest absolute Gasteiger partial charge is 0.261 e. The van der Waals surface area contributed by atoms with E-state index in [1.54, 1.807) is 68.9 Å². The number of alkyl halides is 2. The second-order valence-corrected chi connectivity index (χ2v) is 9.48. The van der Waals surface area contributed by atoms with E-state index < -0.39 is 18.9 Å². The first-order valence-electron chi connectivity index (χ1n) is 13.1. The number of nitrogens with one attached hydrogen (secondary N) is 1. The molecule has 1 aromatic carbocycles. The number of aryl methyl sites for hydroxylation is 1. The third-order valence-electron chi connectivity index (χ3n) is 5.94. The number of likely N-dealkylation sites (N-methyl/N-ethyl adjacent to an activating group) is 2. The zero-order chi connectivity index (χ0) is 29.2. The fourth-order valence-corrected chi connectivity index (χ4v) is 3.95. The monoisotopic (exact) mass is 554 g/mol. The molecule has 1 N–H and O–H groups in total. The van der Waals surface area contributed by atoms with Crippen molar-refractivity contribution in [1.29, 1.82) is 0 Å². The molecule has 3 aromatic rings. The van der Waals surface area contributed by atoms with Gasteiger partial charge in [-0.1, -0.05) is 25.5 Å². The van der Waals surface area contributed by atoms with Crippen molar-refractivity contribution < 1.29 is 23.1 Å². The number of nitrogens with zero attached hydrogens (tertiary/aromatic N) is 5. The highest BCUT2D eigenvalue weighted by atomic mass is 19.1. The van der Waals surface area contributed by atoms with Gasteiger partial charge in [0.2, 0.25) is 12.3 Å². The van der Waals surface area contributed by atoms with Crippen LogP contribution in [0.15, 0.2) is 60.8 Å². The van der Waals surface area contributed by atoms with Crippen LogP contribution in [-0.2, 0) is 11.2 Å². The minimum Gasteiger partial charge on any atom is -0.460 e. The Morgan fingerprint density at radius 3 is 2.67 bits per heavy atom. The number of amides is 2. The van der Waals surface area contributed by atoms with Crippen LogP contribution in [0.1, 0.15) is 48.2 Å². The topological polar surface area (TPSA) is 92.1 Å². The number of carbonyl (C=O) groups excluding carboxylic acids is 2. The van der Waals surface area contributed by atoms with Crippen molar-refractivity contribution in [2.24, 2.45) is 0 Å². The van der Waals surface area contributed by atoms with E-state index in [9.17, 15) is 18.4 Å². The Balaban J connectivity index is 2.16. The highest BCUT2D eigenvalue weighted by Crippen LogP contribution is 2.33. The maximum Gasteiger partial charge on any atom is 0.261 e. The van der Waals surface area contributed by atoms with Crippen molar-refractivity contribution in [2.45, 2.75) is 39.5 Å². The Hall–Kier alpha value is -4.28. The van der Waals surface area contributed by atoms with Crippen LogP contribution in [0.3, 0.4) is 0 Å². The van der Waals surface area contributed by atoms with Crippen molar-refractivity contribution >= 4 is 23.0 Å². The molecule has 3 rings (SSSR count). The lowest BCUT2D eigenvalue weighted by atomic mass is 9.96. The Labute approximate surface area is 233 Å². The molecule has 9 nitrogen and oxygen atoms in total. The van der Waals surface area contributed by atoms with Gasteiger partial charge in [-0.05, 0) is 30.2 Å². The van der Waals surface area contributed by atoms with Gasteiger partial charge in [0.15, 0.2) is 5.65 Å². The molecule has 0 aliphatic rings. The molecule has 40 heavy (non-hydrogen) atoms. The van der Waals surface area contributed by atoms with E-state index in [1.807, 2.05) is 13.0 Å². The Kier molecular flexibility index (Phi) is 10.7. The lowest BCUT2D eigenvalue weighted by Gasteiger charge is -2.23. The molecule has 1 atom stereocenters. The van der Waals surface area contributed by atoms with Crippen molar-refractivity contribution in [2.75, 3.05) is 34.4 Å². The van der Waals surface area contributed by atoms with Crippen molar-refractivity contribution in [1.82, 2.24) is 29.7 Å². The summed E-state index contributed by atoms with van der Waals surface area (Å²) in [4.78, 5) is 33.4. The molecule has 0 aliphatic carbocycles. The van der Waals surface area contributed by atoms with E-state index in [1.165, 1.54) is 22.5 Å². The third kappa shape index (κ3) is 7.87. The number of carbonyl (C=O) groups is 2. The van der Waals surface area contributed by atoms with E-state index >= 15 is 0 Å². The maximum atomic E-state index is 14.1. The van der Waals surface area contributed by atoms with Gasteiger partial charge < -0.3 is 19.9 Å². The molecule has 0 saturated carbocycles. The summed E-state index contributed by atoms with van der Waals surface area (Å²) in [5.41, 5.74) is 2.67. The molecule has 2 aromatic heterocycles. The molecule has 214 valence electrons. The fraction of sp³-hybridized carbons (Fsp3) is 0.379. The summed E-state index contributed by atoms with van der Waals surface area (Å²) in [5.74, 6) is -0.378. The Morgan fingerprint density at radius 1 is 1.23 bits per heavy atom. The number of allylic oxidation sites excluding steroid dienone is 2. The minimum absolute atomic E-state index is 0.0401. The van der Waals surface area contributed by atoms with E-state index in [0.717, 1.165) is 6.42 Å². The summed E-state index contributed by atoms with van der Waals surface area (Å²) in [6.45, 7) is 2.75. The molecule has 0 bridgehead atoms. The molecule has 0 fully saturated rings. The summed E-state index contributed by atoms with van der Waals surface area (Å²) in [7, 11) is 5.03. The average molecular weight is 555 g/mol. The van der Waals surface area contributed by atoms with Gasteiger partial charge in [-0.15, -0.1) is 0 Å². The highest BCUT2D eigenvalue weighted by Gasteiger charge is 2.21. The maximum absolute atomic E-state index is 14.1. The number of hydrogen-bond acceptors (Lipinski definition) is 6. The molecule has 1 unspecified atom stereocenters. The van der Waals surface area contributed by atoms with E-state index in [-0.39, 0.29) is 30.2 Å². The number of ether oxygens (including phenoxy) is 1. The number of hydrogen-bond donors (Lipinski definition) is 1. The van der Waals surface area contributed by atoms with Gasteiger partial charge in [-0.3, -0.25) is 14.0 Å². The Bertz CT molecular complexity index is 1380. The van der Waals surface area contributed by atoms with Crippen LogP contribution in [0.2, 0.25) is 0 Å². The van der Waals surface area contributed by atoms with E-state index in [2.05, 4.69) is 15.4 Å². The quantitative estimate of drug-likeness (QED) is 0.315. The van der Waals surface area contributed by atoms with Crippen molar-refractivity contribution in [3.8, 4) is 5.75 Å². The molecular formula is C29H36F2N6O3. The molecule has 11 heteroatoms.